The van der Waals surface area contributed by atoms with Crippen LogP contribution < -0.4 is 14.2 Å². The normalized spacial score (nSPS) is 9.85. The third-order valence-electron chi connectivity index (χ3n) is 2.36. The molecule has 0 aliphatic carbocycles. The Morgan fingerprint density at radius 3 is 1.70 bits per heavy atom. The summed E-state index contributed by atoms with van der Waals surface area (Å²) in [5.41, 5.74) is 0.997. The zero-order chi connectivity index (χ0) is 15.4. The van der Waals surface area contributed by atoms with E-state index in [4.69, 9.17) is 14.2 Å². The maximum atomic E-state index is 11.2. The van der Waals surface area contributed by atoms with Crippen molar-refractivity contribution in [2.24, 2.45) is 0 Å². The summed E-state index contributed by atoms with van der Waals surface area (Å²) in [6, 6.07) is 1.48. The van der Waals surface area contributed by atoms with Crippen LogP contribution in [-0.4, -0.2) is 17.9 Å². The maximum absolute atomic E-state index is 11.2. The molecule has 20 heavy (non-hydrogen) atoms. The Kier molecular flexibility index (Phi) is 4.85. The summed E-state index contributed by atoms with van der Waals surface area (Å²) in [7, 11) is 0. The van der Waals surface area contributed by atoms with E-state index < -0.39 is 17.9 Å². The van der Waals surface area contributed by atoms with Crippen LogP contribution in [0.1, 0.15) is 31.9 Å². The zero-order valence-corrected chi connectivity index (χ0v) is 12.0. The number of ether oxygens (including phenoxy) is 3. The molecule has 0 saturated heterocycles. The molecule has 0 saturated carbocycles. The van der Waals surface area contributed by atoms with E-state index in [0.29, 0.717) is 11.1 Å². The summed E-state index contributed by atoms with van der Waals surface area (Å²) in [5, 5.41) is 0. The van der Waals surface area contributed by atoms with E-state index in [1.807, 2.05) is 0 Å². The Morgan fingerprint density at radius 2 is 1.25 bits per heavy atom. The predicted molar refractivity (Wildman–Crippen MR) is 69.8 cm³/mol. The molecule has 0 unspecified atom stereocenters. The number of hydrogen-bond acceptors (Lipinski definition) is 6. The lowest BCUT2D eigenvalue weighted by atomic mass is 10.1. The first-order valence-corrected chi connectivity index (χ1v) is 5.91. The summed E-state index contributed by atoms with van der Waals surface area (Å²) >= 11 is 0. The quantitative estimate of drug-likeness (QED) is 0.623. The highest BCUT2D eigenvalue weighted by Crippen LogP contribution is 2.40. The van der Waals surface area contributed by atoms with Gasteiger partial charge in [-0.05, 0) is 25.5 Å². The molecular formula is C14H16O6. The summed E-state index contributed by atoms with van der Waals surface area (Å²) in [6.45, 7) is 7.03. The van der Waals surface area contributed by atoms with Gasteiger partial charge in [0.2, 0.25) is 0 Å². The first-order chi connectivity index (χ1) is 9.22. The lowest BCUT2D eigenvalue weighted by Crippen LogP contribution is -2.11. The first kappa shape index (κ1) is 15.7. The van der Waals surface area contributed by atoms with Crippen molar-refractivity contribution >= 4 is 17.9 Å². The molecule has 0 bridgehead atoms. The van der Waals surface area contributed by atoms with Crippen molar-refractivity contribution in [2.75, 3.05) is 0 Å². The zero-order valence-electron chi connectivity index (χ0n) is 12.0. The van der Waals surface area contributed by atoms with Crippen LogP contribution in [0.25, 0.3) is 0 Å². The Morgan fingerprint density at radius 1 is 0.800 bits per heavy atom. The average molecular weight is 280 g/mol. The van der Waals surface area contributed by atoms with E-state index in [-0.39, 0.29) is 17.2 Å². The van der Waals surface area contributed by atoms with E-state index in [0.717, 1.165) is 0 Å². The van der Waals surface area contributed by atoms with Gasteiger partial charge in [0.1, 0.15) is 5.75 Å². The van der Waals surface area contributed by atoms with E-state index >= 15 is 0 Å². The summed E-state index contributed by atoms with van der Waals surface area (Å²) in [6.07, 6.45) is 0. The van der Waals surface area contributed by atoms with Crippen molar-refractivity contribution in [3.8, 4) is 17.2 Å². The maximum Gasteiger partial charge on any atom is 0.308 e. The number of hydrogen-bond donors (Lipinski definition) is 0. The van der Waals surface area contributed by atoms with Gasteiger partial charge in [0.05, 0.1) is 0 Å². The van der Waals surface area contributed by atoms with Gasteiger partial charge in [-0.3, -0.25) is 14.4 Å². The van der Waals surface area contributed by atoms with Gasteiger partial charge in [0, 0.05) is 26.3 Å². The Labute approximate surface area is 116 Å². The van der Waals surface area contributed by atoms with Crippen LogP contribution in [0, 0.1) is 13.8 Å². The molecule has 0 heterocycles. The number of esters is 3. The van der Waals surface area contributed by atoms with E-state index in [2.05, 4.69) is 0 Å². The molecule has 1 aromatic carbocycles. The minimum absolute atomic E-state index is 0.0644. The minimum Gasteiger partial charge on any atom is -0.426 e. The van der Waals surface area contributed by atoms with Gasteiger partial charge in [0.15, 0.2) is 11.5 Å². The molecule has 0 aromatic heterocycles. The number of benzene rings is 1. The van der Waals surface area contributed by atoms with Crippen molar-refractivity contribution in [1.29, 1.82) is 0 Å². The molecule has 1 aromatic rings. The number of carbonyl (C=O) groups is 3. The molecule has 0 aliphatic heterocycles. The molecule has 0 radical (unpaired) electrons. The molecule has 6 nitrogen and oxygen atoms in total. The average Bonchev–Trinajstić information content (AvgIpc) is 2.28. The lowest BCUT2D eigenvalue weighted by molar-refractivity contribution is -0.134. The highest BCUT2D eigenvalue weighted by molar-refractivity contribution is 5.77. The van der Waals surface area contributed by atoms with Crippen molar-refractivity contribution in [3.05, 3.63) is 17.2 Å². The van der Waals surface area contributed by atoms with Crippen molar-refractivity contribution < 1.29 is 28.6 Å². The molecule has 1 rings (SSSR count). The Balaban J connectivity index is 3.42. The smallest absolute Gasteiger partial charge is 0.308 e. The van der Waals surface area contributed by atoms with Gasteiger partial charge in [-0.25, -0.2) is 0 Å². The fourth-order valence-corrected chi connectivity index (χ4v) is 1.71. The van der Waals surface area contributed by atoms with Gasteiger partial charge in [-0.2, -0.15) is 0 Å². The van der Waals surface area contributed by atoms with Crippen molar-refractivity contribution in [3.63, 3.8) is 0 Å². The second kappa shape index (κ2) is 6.18. The predicted octanol–water partition coefficient (Wildman–Crippen LogP) is 2.08. The van der Waals surface area contributed by atoms with Crippen molar-refractivity contribution in [2.45, 2.75) is 34.6 Å². The Hall–Kier alpha value is -2.37. The molecule has 0 spiro atoms. The van der Waals surface area contributed by atoms with Gasteiger partial charge in [-0.1, -0.05) is 0 Å². The van der Waals surface area contributed by atoms with Gasteiger partial charge < -0.3 is 14.2 Å². The summed E-state index contributed by atoms with van der Waals surface area (Å²) < 4.78 is 15.1. The van der Waals surface area contributed by atoms with Gasteiger partial charge >= 0.3 is 17.9 Å². The molecule has 108 valence electrons. The lowest BCUT2D eigenvalue weighted by Gasteiger charge is -2.16. The van der Waals surface area contributed by atoms with Crippen molar-refractivity contribution in [1.82, 2.24) is 0 Å². The molecule has 6 heteroatoms. The van der Waals surface area contributed by atoms with Crippen LogP contribution in [-0.2, 0) is 14.4 Å². The first-order valence-electron chi connectivity index (χ1n) is 5.91. The van der Waals surface area contributed by atoms with E-state index in [1.165, 1.54) is 26.8 Å². The van der Waals surface area contributed by atoms with Crippen LogP contribution in [0.2, 0.25) is 0 Å². The summed E-state index contributed by atoms with van der Waals surface area (Å²) in [4.78, 5) is 33.3. The third-order valence-corrected chi connectivity index (χ3v) is 2.36. The van der Waals surface area contributed by atoms with Gasteiger partial charge in [-0.15, -0.1) is 0 Å². The standard InChI is InChI=1S/C14H16O6/c1-7-6-12(18-9(3)15)14(20-11(5)17)8(2)13(7)19-10(4)16/h6H,1-5H3. The van der Waals surface area contributed by atoms with Crippen LogP contribution in [0.5, 0.6) is 17.2 Å². The van der Waals surface area contributed by atoms with Crippen LogP contribution in [0.15, 0.2) is 6.07 Å². The number of carbonyl (C=O) groups excluding carboxylic acids is 3. The molecular weight excluding hydrogens is 264 g/mol. The fraction of sp³-hybridized carbons (Fsp3) is 0.357. The number of rotatable bonds is 3. The van der Waals surface area contributed by atoms with Crippen LogP contribution in [0.3, 0.4) is 0 Å². The molecule has 0 N–H and O–H groups in total. The molecule has 0 atom stereocenters. The topological polar surface area (TPSA) is 78.9 Å². The fourth-order valence-electron chi connectivity index (χ4n) is 1.71. The van der Waals surface area contributed by atoms with E-state index in [1.54, 1.807) is 13.8 Å². The second-order valence-electron chi connectivity index (χ2n) is 4.26. The minimum atomic E-state index is -0.570. The van der Waals surface area contributed by atoms with Crippen LogP contribution in [0.4, 0.5) is 0 Å². The molecule has 0 amide bonds. The van der Waals surface area contributed by atoms with Gasteiger partial charge in [0.25, 0.3) is 0 Å². The molecule has 0 aliphatic rings. The SMILES string of the molecule is CC(=O)Oc1cc(C)c(OC(C)=O)c(C)c1OC(C)=O. The molecule has 0 fully saturated rings. The third kappa shape index (κ3) is 3.81. The highest BCUT2D eigenvalue weighted by atomic mass is 16.6. The summed E-state index contributed by atoms with van der Waals surface area (Å²) in [5.74, 6) is -1.15. The van der Waals surface area contributed by atoms with E-state index in [9.17, 15) is 14.4 Å². The largest absolute Gasteiger partial charge is 0.426 e. The van der Waals surface area contributed by atoms with Crippen LogP contribution >= 0.6 is 0 Å². The number of aryl methyl sites for hydroxylation is 1. The Bertz CT molecular complexity index is 574. The highest BCUT2D eigenvalue weighted by Gasteiger charge is 2.20. The second-order valence-corrected chi connectivity index (χ2v) is 4.26. The monoisotopic (exact) mass is 280 g/mol.